The zero-order chi connectivity index (χ0) is 29.0. The zero-order valence-electron chi connectivity index (χ0n) is 23.8. The fourth-order valence-electron chi connectivity index (χ4n) is 6.61. The fourth-order valence-corrected chi connectivity index (χ4v) is 6.61. The molecule has 3 heterocycles. The van der Waals surface area contributed by atoms with E-state index in [2.05, 4.69) is 143 Å². The highest BCUT2D eigenvalue weighted by atomic mass is 14.7. The van der Waals surface area contributed by atoms with Gasteiger partial charge in [0.25, 0.3) is 0 Å². The molecule has 0 aliphatic heterocycles. The molecule has 9 aromatic rings. The van der Waals surface area contributed by atoms with Crippen molar-refractivity contribution in [3.8, 4) is 33.5 Å². The zero-order valence-corrected chi connectivity index (χ0v) is 23.8. The van der Waals surface area contributed by atoms with Crippen molar-refractivity contribution in [1.29, 1.82) is 0 Å². The maximum absolute atomic E-state index is 5.16. The van der Waals surface area contributed by atoms with Gasteiger partial charge in [-0.1, -0.05) is 121 Å². The molecule has 3 heteroatoms. The third kappa shape index (κ3) is 3.87. The molecule has 0 aliphatic carbocycles. The monoisotopic (exact) mass is 559 g/mol. The highest BCUT2D eigenvalue weighted by Gasteiger charge is 2.14. The molecular formula is C41H25N3. The second kappa shape index (κ2) is 9.82. The molecular weight excluding hydrogens is 534 g/mol. The summed E-state index contributed by atoms with van der Waals surface area (Å²) in [5.41, 5.74) is 9.67. The van der Waals surface area contributed by atoms with Gasteiger partial charge in [0.2, 0.25) is 0 Å². The summed E-state index contributed by atoms with van der Waals surface area (Å²) in [6, 6.07) is 49.5. The van der Waals surface area contributed by atoms with Crippen molar-refractivity contribution in [2.24, 2.45) is 0 Å². The van der Waals surface area contributed by atoms with Crippen LogP contribution >= 0.6 is 0 Å². The standard InChI is InChI=1S/C41H25N3/c1-2-8-33-28(6-1)19-22-36-38(33)35-9-3-4-10-37(35)44-39(36)31-17-13-27(14-18-31)26-11-15-29(16-12-26)32-23-25-43-41-34(32)21-20-30-7-5-24-42-40(30)41/h1-25H. The van der Waals surface area contributed by atoms with E-state index in [-0.39, 0.29) is 0 Å². The first kappa shape index (κ1) is 24.6. The lowest BCUT2D eigenvalue weighted by atomic mass is 9.94. The second-order valence-electron chi connectivity index (χ2n) is 11.2. The summed E-state index contributed by atoms with van der Waals surface area (Å²) in [7, 11) is 0. The van der Waals surface area contributed by atoms with E-state index in [0.29, 0.717) is 0 Å². The van der Waals surface area contributed by atoms with Crippen LogP contribution in [-0.2, 0) is 0 Å². The van der Waals surface area contributed by atoms with Gasteiger partial charge in [0.15, 0.2) is 0 Å². The van der Waals surface area contributed by atoms with E-state index in [0.717, 1.165) is 49.7 Å². The minimum Gasteiger partial charge on any atom is -0.254 e. The lowest BCUT2D eigenvalue weighted by Gasteiger charge is -2.13. The summed E-state index contributed by atoms with van der Waals surface area (Å²) in [5.74, 6) is 0. The van der Waals surface area contributed by atoms with Crippen molar-refractivity contribution in [3.63, 3.8) is 0 Å². The molecule has 3 aromatic heterocycles. The van der Waals surface area contributed by atoms with Crippen LogP contribution in [0.4, 0.5) is 0 Å². The minimum atomic E-state index is 0.933. The Labute approximate surface area is 254 Å². The molecule has 0 atom stereocenters. The number of hydrogen-bond donors (Lipinski definition) is 0. The van der Waals surface area contributed by atoms with Gasteiger partial charge in [0.1, 0.15) is 0 Å². The lowest BCUT2D eigenvalue weighted by molar-refractivity contribution is 1.37. The molecule has 0 fully saturated rings. The molecule has 204 valence electrons. The Kier molecular flexibility index (Phi) is 5.50. The summed E-state index contributed by atoms with van der Waals surface area (Å²) >= 11 is 0. The predicted octanol–water partition coefficient (Wildman–Crippen LogP) is 10.6. The van der Waals surface area contributed by atoms with Crippen molar-refractivity contribution in [3.05, 3.63) is 152 Å². The summed E-state index contributed by atoms with van der Waals surface area (Å²) in [4.78, 5) is 14.4. The Bertz CT molecular complexity index is 2520. The summed E-state index contributed by atoms with van der Waals surface area (Å²) in [5, 5.41) is 8.33. The van der Waals surface area contributed by atoms with Gasteiger partial charge in [-0.15, -0.1) is 0 Å². The van der Waals surface area contributed by atoms with Crippen LogP contribution in [0.2, 0.25) is 0 Å². The number of para-hydroxylation sites is 1. The number of nitrogens with zero attached hydrogens (tertiary/aromatic N) is 3. The molecule has 0 aliphatic rings. The number of fused-ring (bicyclic) bond motifs is 8. The molecule has 0 N–H and O–H groups in total. The maximum Gasteiger partial charge on any atom is 0.0970 e. The van der Waals surface area contributed by atoms with Gasteiger partial charge >= 0.3 is 0 Å². The van der Waals surface area contributed by atoms with Gasteiger partial charge in [-0.2, -0.15) is 0 Å². The van der Waals surface area contributed by atoms with Gasteiger partial charge in [0.05, 0.1) is 22.2 Å². The Morgan fingerprint density at radius 1 is 0.364 bits per heavy atom. The van der Waals surface area contributed by atoms with Crippen LogP contribution in [0.3, 0.4) is 0 Å². The van der Waals surface area contributed by atoms with Crippen LogP contribution in [0, 0.1) is 0 Å². The number of aromatic nitrogens is 3. The van der Waals surface area contributed by atoms with Crippen LogP contribution in [0.25, 0.3) is 87.8 Å². The highest BCUT2D eigenvalue weighted by molar-refractivity contribution is 6.22. The first-order valence-corrected chi connectivity index (χ1v) is 14.9. The number of pyridine rings is 3. The third-order valence-electron chi connectivity index (χ3n) is 8.76. The van der Waals surface area contributed by atoms with E-state index in [1.165, 1.54) is 38.1 Å². The van der Waals surface area contributed by atoms with E-state index in [4.69, 9.17) is 4.98 Å². The summed E-state index contributed by atoms with van der Waals surface area (Å²) in [6.45, 7) is 0. The molecule has 0 unspecified atom stereocenters. The lowest BCUT2D eigenvalue weighted by Crippen LogP contribution is -1.91. The molecule has 6 aromatic carbocycles. The summed E-state index contributed by atoms with van der Waals surface area (Å²) < 4.78 is 0. The molecule has 9 rings (SSSR count). The Morgan fingerprint density at radius 3 is 1.84 bits per heavy atom. The molecule has 3 nitrogen and oxygen atoms in total. The van der Waals surface area contributed by atoms with Gasteiger partial charge in [-0.3, -0.25) is 9.97 Å². The minimum absolute atomic E-state index is 0.933. The average Bonchev–Trinajstić information content (AvgIpc) is 3.11. The largest absolute Gasteiger partial charge is 0.254 e. The number of benzene rings is 6. The van der Waals surface area contributed by atoms with Crippen LogP contribution in [0.15, 0.2) is 152 Å². The highest BCUT2D eigenvalue weighted by Crippen LogP contribution is 2.38. The second-order valence-corrected chi connectivity index (χ2v) is 11.2. The van der Waals surface area contributed by atoms with Crippen LogP contribution < -0.4 is 0 Å². The molecule has 0 spiro atoms. The molecule has 44 heavy (non-hydrogen) atoms. The van der Waals surface area contributed by atoms with E-state index >= 15 is 0 Å². The third-order valence-corrected chi connectivity index (χ3v) is 8.76. The van der Waals surface area contributed by atoms with Gasteiger partial charge in [-0.05, 0) is 51.2 Å². The predicted molar refractivity (Wildman–Crippen MR) is 184 cm³/mol. The normalized spacial score (nSPS) is 11.6. The van der Waals surface area contributed by atoms with Gasteiger partial charge in [0, 0.05) is 44.9 Å². The van der Waals surface area contributed by atoms with Crippen molar-refractivity contribution in [2.45, 2.75) is 0 Å². The Hall–Kier alpha value is -5.93. The number of rotatable bonds is 3. The van der Waals surface area contributed by atoms with Crippen LogP contribution in [0.5, 0.6) is 0 Å². The van der Waals surface area contributed by atoms with Crippen molar-refractivity contribution < 1.29 is 0 Å². The van der Waals surface area contributed by atoms with Crippen molar-refractivity contribution in [1.82, 2.24) is 15.0 Å². The van der Waals surface area contributed by atoms with E-state index in [1.807, 2.05) is 18.5 Å². The molecule has 0 saturated carbocycles. The molecule has 0 radical (unpaired) electrons. The molecule has 0 bridgehead atoms. The van der Waals surface area contributed by atoms with Crippen molar-refractivity contribution in [2.75, 3.05) is 0 Å². The number of hydrogen-bond acceptors (Lipinski definition) is 3. The quantitative estimate of drug-likeness (QED) is 0.202. The first-order chi connectivity index (χ1) is 21.8. The first-order valence-electron chi connectivity index (χ1n) is 14.9. The topological polar surface area (TPSA) is 38.7 Å². The fraction of sp³-hybridized carbons (Fsp3) is 0. The SMILES string of the molecule is c1ccc2c(c1)ccc1c(-c3ccc(-c4ccc(-c5ccnc6c5ccc5cccnc56)cc4)cc3)nc3ccccc3c12. The van der Waals surface area contributed by atoms with E-state index in [1.54, 1.807) is 0 Å². The maximum atomic E-state index is 5.16. The average molecular weight is 560 g/mol. The van der Waals surface area contributed by atoms with E-state index in [9.17, 15) is 0 Å². The molecule has 0 amide bonds. The van der Waals surface area contributed by atoms with Crippen LogP contribution in [0.1, 0.15) is 0 Å². The van der Waals surface area contributed by atoms with E-state index < -0.39 is 0 Å². The van der Waals surface area contributed by atoms with Gasteiger partial charge in [-0.25, -0.2) is 4.98 Å². The Morgan fingerprint density at radius 2 is 1.00 bits per heavy atom. The van der Waals surface area contributed by atoms with Gasteiger partial charge < -0.3 is 0 Å². The van der Waals surface area contributed by atoms with Crippen LogP contribution in [-0.4, -0.2) is 15.0 Å². The van der Waals surface area contributed by atoms with Crippen molar-refractivity contribution >= 4 is 54.3 Å². The summed E-state index contributed by atoms with van der Waals surface area (Å²) in [6.07, 6.45) is 3.71. The molecule has 0 saturated heterocycles. The smallest absolute Gasteiger partial charge is 0.0970 e. The Balaban J connectivity index is 1.11.